The number of rotatable bonds is 6. The van der Waals surface area contributed by atoms with E-state index in [0.29, 0.717) is 11.5 Å². The van der Waals surface area contributed by atoms with Gasteiger partial charge in [0.25, 0.3) is 0 Å². The summed E-state index contributed by atoms with van der Waals surface area (Å²) < 4.78 is 0. The van der Waals surface area contributed by atoms with Gasteiger partial charge < -0.3 is 15.3 Å². The number of hydrogen-bond acceptors (Lipinski definition) is 3. The van der Waals surface area contributed by atoms with Crippen LogP contribution in [0.25, 0.3) is 0 Å². The highest BCUT2D eigenvalue weighted by atomic mass is 16.3. The number of piperidine rings is 1. The minimum atomic E-state index is -0.435. The van der Waals surface area contributed by atoms with E-state index in [2.05, 4.69) is 37.9 Å². The van der Waals surface area contributed by atoms with Crippen molar-refractivity contribution in [1.29, 1.82) is 0 Å². The van der Waals surface area contributed by atoms with Gasteiger partial charge in [0.2, 0.25) is 0 Å². The maximum Gasteiger partial charge on any atom is 0.0644 e. The molecule has 108 valence electrons. The molecule has 3 heteroatoms. The third-order valence-electron chi connectivity index (χ3n) is 4.33. The van der Waals surface area contributed by atoms with Gasteiger partial charge in [0, 0.05) is 32.2 Å². The Balaban J connectivity index is 2.43. The molecular formula is C15H32N2O. The van der Waals surface area contributed by atoms with Crippen LogP contribution in [0, 0.1) is 5.41 Å². The summed E-state index contributed by atoms with van der Waals surface area (Å²) >= 11 is 0. The lowest BCUT2D eigenvalue weighted by molar-refractivity contribution is -0.0150. The monoisotopic (exact) mass is 256 g/mol. The number of hydrogen-bond donors (Lipinski definition) is 2. The van der Waals surface area contributed by atoms with E-state index in [-0.39, 0.29) is 0 Å². The van der Waals surface area contributed by atoms with Crippen LogP contribution in [0.5, 0.6) is 0 Å². The predicted octanol–water partition coefficient (Wildman–Crippen LogP) is 2.25. The maximum absolute atomic E-state index is 9.98. The maximum atomic E-state index is 9.98. The second-order valence-corrected chi connectivity index (χ2v) is 6.97. The van der Waals surface area contributed by atoms with Gasteiger partial charge in [-0.3, -0.25) is 0 Å². The van der Waals surface area contributed by atoms with Crippen LogP contribution in [0.15, 0.2) is 0 Å². The molecule has 1 unspecified atom stereocenters. The van der Waals surface area contributed by atoms with Gasteiger partial charge in [-0.05, 0) is 31.6 Å². The average Bonchev–Trinajstić information content (AvgIpc) is 2.30. The van der Waals surface area contributed by atoms with Gasteiger partial charge in [0.1, 0.15) is 0 Å². The smallest absolute Gasteiger partial charge is 0.0644 e. The summed E-state index contributed by atoms with van der Waals surface area (Å²) in [6, 6.07) is 0.554. The minimum Gasteiger partial charge on any atom is -0.390 e. The lowest BCUT2D eigenvalue weighted by Crippen LogP contribution is -2.49. The molecule has 2 N–H and O–H groups in total. The first-order chi connectivity index (χ1) is 8.26. The molecule has 0 aromatic rings. The number of likely N-dealkylation sites (tertiary alicyclic amines) is 1. The molecule has 1 heterocycles. The molecule has 0 aromatic carbocycles. The van der Waals surface area contributed by atoms with Crippen molar-refractivity contribution in [2.75, 3.05) is 26.2 Å². The summed E-state index contributed by atoms with van der Waals surface area (Å²) in [5, 5.41) is 13.6. The Morgan fingerprint density at radius 1 is 1.33 bits per heavy atom. The van der Waals surface area contributed by atoms with Gasteiger partial charge >= 0.3 is 0 Å². The first-order valence-corrected chi connectivity index (χ1v) is 7.44. The lowest BCUT2D eigenvalue weighted by Gasteiger charge is -2.41. The zero-order chi connectivity index (χ0) is 13.8. The highest BCUT2D eigenvalue weighted by molar-refractivity contribution is 4.86. The minimum absolute atomic E-state index is 0.341. The Bertz CT molecular complexity index is 243. The van der Waals surface area contributed by atoms with Gasteiger partial charge in [0.15, 0.2) is 0 Å². The van der Waals surface area contributed by atoms with E-state index in [9.17, 15) is 5.11 Å². The van der Waals surface area contributed by atoms with Crippen molar-refractivity contribution >= 4 is 0 Å². The molecule has 1 aliphatic rings. The second-order valence-electron chi connectivity index (χ2n) is 6.97. The fraction of sp³-hybridized carbons (Fsp3) is 1.00. The van der Waals surface area contributed by atoms with E-state index in [0.717, 1.165) is 39.0 Å². The van der Waals surface area contributed by atoms with Crippen molar-refractivity contribution in [3.8, 4) is 0 Å². The van der Waals surface area contributed by atoms with Crippen molar-refractivity contribution in [2.45, 2.75) is 65.5 Å². The summed E-state index contributed by atoms with van der Waals surface area (Å²) in [5.74, 6) is 0. The molecule has 0 aliphatic carbocycles. The zero-order valence-corrected chi connectivity index (χ0v) is 12.9. The first-order valence-electron chi connectivity index (χ1n) is 7.44. The van der Waals surface area contributed by atoms with Gasteiger partial charge in [-0.2, -0.15) is 0 Å². The average molecular weight is 256 g/mol. The van der Waals surface area contributed by atoms with Crippen LogP contribution in [-0.4, -0.2) is 47.8 Å². The van der Waals surface area contributed by atoms with Gasteiger partial charge in [-0.25, -0.2) is 0 Å². The topological polar surface area (TPSA) is 35.5 Å². The van der Waals surface area contributed by atoms with Gasteiger partial charge in [-0.1, -0.05) is 27.7 Å². The standard InChI is InChI=1S/C15H32N2O/c1-6-14(4,11-16-13(2)3)12-17-9-7-15(5,18)8-10-17/h13,16,18H,6-12H2,1-5H3. The summed E-state index contributed by atoms with van der Waals surface area (Å²) in [4.78, 5) is 2.52. The predicted molar refractivity (Wildman–Crippen MR) is 77.8 cm³/mol. The van der Waals surface area contributed by atoms with E-state index in [1.165, 1.54) is 6.42 Å². The fourth-order valence-electron chi connectivity index (χ4n) is 2.48. The van der Waals surface area contributed by atoms with Crippen molar-refractivity contribution in [3.05, 3.63) is 0 Å². The van der Waals surface area contributed by atoms with Crippen LogP contribution < -0.4 is 5.32 Å². The molecule has 1 rings (SSSR count). The molecule has 1 aliphatic heterocycles. The molecule has 1 saturated heterocycles. The Labute approximate surface area is 113 Å². The quantitative estimate of drug-likeness (QED) is 0.765. The normalized spacial score (nSPS) is 24.2. The highest BCUT2D eigenvalue weighted by Gasteiger charge is 2.31. The molecular weight excluding hydrogens is 224 g/mol. The fourth-order valence-corrected chi connectivity index (χ4v) is 2.48. The van der Waals surface area contributed by atoms with Crippen molar-refractivity contribution in [3.63, 3.8) is 0 Å². The molecule has 0 saturated carbocycles. The largest absolute Gasteiger partial charge is 0.390 e. The zero-order valence-electron chi connectivity index (χ0n) is 12.9. The Morgan fingerprint density at radius 3 is 2.33 bits per heavy atom. The van der Waals surface area contributed by atoms with Crippen molar-refractivity contribution in [1.82, 2.24) is 10.2 Å². The van der Waals surface area contributed by atoms with Crippen LogP contribution in [0.2, 0.25) is 0 Å². The Hall–Kier alpha value is -0.120. The highest BCUT2D eigenvalue weighted by Crippen LogP contribution is 2.27. The SMILES string of the molecule is CCC(C)(CNC(C)C)CN1CCC(C)(O)CC1. The molecule has 1 fully saturated rings. The van der Waals surface area contributed by atoms with E-state index >= 15 is 0 Å². The van der Waals surface area contributed by atoms with E-state index in [1.807, 2.05) is 6.92 Å². The second kappa shape index (κ2) is 6.36. The number of aliphatic hydroxyl groups is 1. The summed E-state index contributed by atoms with van der Waals surface area (Å²) in [6.07, 6.45) is 3.01. The lowest BCUT2D eigenvalue weighted by atomic mass is 9.85. The molecule has 1 atom stereocenters. The summed E-state index contributed by atoms with van der Waals surface area (Å²) in [7, 11) is 0. The molecule has 0 amide bonds. The van der Waals surface area contributed by atoms with Crippen LogP contribution in [0.3, 0.4) is 0 Å². The van der Waals surface area contributed by atoms with Crippen LogP contribution in [0.1, 0.15) is 53.9 Å². The van der Waals surface area contributed by atoms with Crippen LogP contribution in [0.4, 0.5) is 0 Å². The molecule has 18 heavy (non-hydrogen) atoms. The van der Waals surface area contributed by atoms with Gasteiger partial charge in [0.05, 0.1) is 5.60 Å². The Morgan fingerprint density at radius 2 is 1.89 bits per heavy atom. The van der Waals surface area contributed by atoms with E-state index < -0.39 is 5.60 Å². The summed E-state index contributed by atoms with van der Waals surface area (Å²) in [6.45, 7) is 15.3. The third kappa shape index (κ3) is 5.25. The molecule has 0 aromatic heterocycles. The molecule has 0 bridgehead atoms. The first kappa shape index (κ1) is 15.9. The third-order valence-corrected chi connectivity index (χ3v) is 4.33. The number of nitrogens with zero attached hydrogens (tertiary/aromatic N) is 1. The molecule has 0 radical (unpaired) electrons. The van der Waals surface area contributed by atoms with Crippen LogP contribution in [-0.2, 0) is 0 Å². The van der Waals surface area contributed by atoms with Crippen LogP contribution >= 0.6 is 0 Å². The summed E-state index contributed by atoms with van der Waals surface area (Å²) in [5.41, 5.74) is -0.0945. The molecule has 0 spiro atoms. The van der Waals surface area contributed by atoms with Gasteiger partial charge in [-0.15, -0.1) is 0 Å². The van der Waals surface area contributed by atoms with Crippen molar-refractivity contribution in [2.24, 2.45) is 5.41 Å². The van der Waals surface area contributed by atoms with E-state index in [4.69, 9.17) is 0 Å². The van der Waals surface area contributed by atoms with E-state index in [1.54, 1.807) is 0 Å². The Kier molecular flexibility index (Phi) is 5.63. The number of nitrogens with one attached hydrogen (secondary N) is 1. The molecule has 3 nitrogen and oxygen atoms in total. The van der Waals surface area contributed by atoms with Crippen molar-refractivity contribution < 1.29 is 5.11 Å².